The Morgan fingerprint density at radius 3 is 2.61 bits per heavy atom. The maximum atomic E-state index is 12.3. The fourth-order valence-corrected chi connectivity index (χ4v) is 3.56. The number of carbonyl (C=O) groups is 1. The predicted octanol–water partition coefficient (Wildman–Crippen LogP) is 2.85. The summed E-state index contributed by atoms with van der Waals surface area (Å²) in [5.74, 6) is 0.295. The number of hydrogen-bond acceptors (Lipinski definition) is 3. The van der Waals surface area contributed by atoms with Gasteiger partial charge in [-0.15, -0.1) is 11.3 Å². The maximum absolute atomic E-state index is 12.3. The van der Waals surface area contributed by atoms with Gasteiger partial charge in [-0.25, -0.2) is 0 Å². The van der Waals surface area contributed by atoms with Gasteiger partial charge >= 0.3 is 0 Å². The van der Waals surface area contributed by atoms with Crippen molar-refractivity contribution in [2.24, 2.45) is 11.7 Å². The van der Waals surface area contributed by atoms with Gasteiger partial charge in [0.05, 0.1) is 10.0 Å². The van der Waals surface area contributed by atoms with Gasteiger partial charge < -0.3 is 10.6 Å². The molecule has 2 heterocycles. The van der Waals surface area contributed by atoms with Crippen LogP contribution in [0.4, 0.5) is 0 Å². The van der Waals surface area contributed by atoms with Gasteiger partial charge in [0.2, 0.25) is 0 Å². The lowest BCUT2D eigenvalue weighted by molar-refractivity contribution is 0.0715. The summed E-state index contributed by atoms with van der Waals surface area (Å²) in [7, 11) is 0. The van der Waals surface area contributed by atoms with Gasteiger partial charge in [-0.05, 0) is 30.7 Å². The van der Waals surface area contributed by atoms with E-state index in [0.29, 0.717) is 28.0 Å². The fourth-order valence-electron chi connectivity index (χ4n) is 2.08. The van der Waals surface area contributed by atoms with Gasteiger partial charge in [0.25, 0.3) is 5.91 Å². The van der Waals surface area contributed by atoms with Gasteiger partial charge in [0.1, 0.15) is 4.88 Å². The summed E-state index contributed by atoms with van der Waals surface area (Å²) < 4.78 is 0. The number of nitrogens with zero attached hydrogens (tertiary/aromatic N) is 1. The molecule has 1 aromatic rings. The molecular formula is C12H15ClN2OS2. The second-order valence-electron chi connectivity index (χ2n) is 4.53. The van der Waals surface area contributed by atoms with Crippen LogP contribution in [0.3, 0.4) is 0 Å². The number of halogens is 1. The average Bonchev–Trinajstić information content (AvgIpc) is 2.69. The summed E-state index contributed by atoms with van der Waals surface area (Å²) in [6.07, 6.45) is 1.70. The fraction of sp³-hybridized carbons (Fsp3) is 0.500. The minimum absolute atomic E-state index is 0.0273. The quantitative estimate of drug-likeness (QED) is 0.855. The largest absolute Gasteiger partial charge is 0.393 e. The molecule has 1 aromatic heterocycles. The molecule has 0 radical (unpaired) electrons. The van der Waals surface area contributed by atoms with Crippen molar-refractivity contribution in [2.75, 3.05) is 13.1 Å². The zero-order valence-electron chi connectivity index (χ0n) is 10.1. The Labute approximate surface area is 121 Å². The van der Waals surface area contributed by atoms with Crippen molar-refractivity contribution in [2.45, 2.75) is 19.8 Å². The molecule has 0 spiro atoms. The van der Waals surface area contributed by atoms with E-state index in [0.717, 1.165) is 18.4 Å². The summed E-state index contributed by atoms with van der Waals surface area (Å²) in [5, 5.41) is 2.50. The number of thiophene rings is 1. The second-order valence-corrected chi connectivity index (χ2v) is 6.26. The molecule has 18 heavy (non-hydrogen) atoms. The molecule has 0 saturated carbocycles. The molecule has 0 aromatic carbocycles. The highest BCUT2D eigenvalue weighted by Crippen LogP contribution is 2.29. The minimum Gasteiger partial charge on any atom is -0.393 e. The van der Waals surface area contributed by atoms with Crippen molar-refractivity contribution in [1.82, 2.24) is 4.90 Å². The highest BCUT2D eigenvalue weighted by molar-refractivity contribution is 7.80. The van der Waals surface area contributed by atoms with Crippen LogP contribution in [-0.2, 0) is 0 Å². The molecule has 0 unspecified atom stereocenters. The van der Waals surface area contributed by atoms with E-state index >= 15 is 0 Å². The first-order valence-electron chi connectivity index (χ1n) is 5.83. The number of carbonyl (C=O) groups excluding carboxylic acids is 1. The van der Waals surface area contributed by atoms with Gasteiger partial charge in [-0.1, -0.05) is 23.8 Å². The third-order valence-corrected chi connectivity index (χ3v) is 5.30. The number of amides is 1. The number of aryl methyl sites for hydroxylation is 1. The van der Waals surface area contributed by atoms with Crippen molar-refractivity contribution >= 4 is 46.1 Å². The minimum atomic E-state index is 0.0273. The zero-order chi connectivity index (χ0) is 13.3. The van der Waals surface area contributed by atoms with Crippen LogP contribution in [0.25, 0.3) is 0 Å². The lowest BCUT2D eigenvalue weighted by Gasteiger charge is -2.31. The molecule has 2 rings (SSSR count). The molecule has 0 aliphatic carbocycles. The van der Waals surface area contributed by atoms with E-state index in [2.05, 4.69) is 0 Å². The summed E-state index contributed by atoms with van der Waals surface area (Å²) in [5.41, 5.74) is 6.60. The smallest absolute Gasteiger partial charge is 0.265 e. The van der Waals surface area contributed by atoms with Crippen LogP contribution in [-0.4, -0.2) is 28.9 Å². The second kappa shape index (κ2) is 5.55. The Hall–Kier alpha value is -0.650. The molecule has 2 N–H and O–H groups in total. The first-order chi connectivity index (χ1) is 8.50. The van der Waals surface area contributed by atoms with Crippen molar-refractivity contribution in [3.05, 3.63) is 20.8 Å². The average molecular weight is 303 g/mol. The molecule has 1 amide bonds. The molecule has 98 valence electrons. The van der Waals surface area contributed by atoms with Crippen molar-refractivity contribution in [1.29, 1.82) is 0 Å². The Bertz CT molecular complexity index is 478. The van der Waals surface area contributed by atoms with Gasteiger partial charge in [-0.3, -0.25) is 4.79 Å². The molecular weight excluding hydrogens is 288 g/mol. The molecule has 1 fully saturated rings. The molecule has 1 aliphatic heterocycles. The van der Waals surface area contributed by atoms with Gasteiger partial charge in [0.15, 0.2) is 0 Å². The molecule has 0 bridgehead atoms. The number of rotatable bonds is 2. The van der Waals surface area contributed by atoms with E-state index < -0.39 is 0 Å². The maximum Gasteiger partial charge on any atom is 0.265 e. The van der Waals surface area contributed by atoms with E-state index in [1.807, 2.05) is 17.2 Å². The van der Waals surface area contributed by atoms with Gasteiger partial charge in [0, 0.05) is 19.0 Å². The van der Waals surface area contributed by atoms with Crippen LogP contribution < -0.4 is 5.73 Å². The van der Waals surface area contributed by atoms with E-state index in [4.69, 9.17) is 29.6 Å². The van der Waals surface area contributed by atoms with Crippen molar-refractivity contribution in [3.8, 4) is 0 Å². The van der Waals surface area contributed by atoms with Crippen LogP contribution in [0.5, 0.6) is 0 Å². The number of likely N-dealkylation sites (tertiary alicyclic amines) is 1. The molecule has 1 saturated heterocycles. The summed E-state index contributed by atoms with van der Waals surface area (Å²) in [4.78, 5) is 15.3. The predicted molar refractivity (Wildman–Crippen MR) is 79.5 cm³/mol. The molecule has 6 heteroatoms. The van der Waals surface area contributed by atoms with Crippen LogP contribution >= 0.6 is 35.2 Å². The van der Waals surface area contributed by atoms with Crippen molar-refractivity contribution in [3.63, 3.8) is 0 Å². The van der Waals surface area contributed by atoms with Crippen LogP contribution in [0.15, 0.2) is 5.38 Å². The normalized spacial score (nSPS) is 16.9. The lowest BCUT2D eigenvalue weighted by Crippen LogP contribution is -2.41. The monoisotopic (exact) mass is 302 g/mol. The zero-order valence-corrected chi connectivity index (χ0v) is 12.5. The van der Waals surface area contributed by atoms with E-state index in [1.54, 1.807) is 0 Å². The number of hydrogen-bond donors (Lipinski definition) is 1. The Balaban J connectivity index is 2.04. The summed E-state index contributed by atoms with van der Waals surface area (Å²) in [6, 6.07) is 0. The van der Waals surface area contributed by atoms with Crippen LogP contribution in [0.1, 0.15) is 28.1 Å². The highest BCUT2D eigenvalue weighted by atomic mass is 35.5. The molecule has 1 aliphatic rings. The van der Waals surface area contributed by atoms with Gasteiger partial charge in [-0.2, -0.15) is 0 Å². The first kappa shape index (κ1) is 13.8. The van der Waals surface area contributed by atoms with Crippen molar-refractivity contribution < 1.29 is 4.79 Å². The topological polar surface area (TPSA) is 46.3 Å². The summed E-state index contributed by atoms with van der Waals surface area (Å²) >= 11 is 12.5. The standard InChI is InChI=1S/C12H15ClN2OS2/c1-7-6-18-10(9(7)13)12(16)15-4-2-8(3-5-15)11(14)17/h6,8H,2-5H2,1H3,(H2,14,17). The van der Waals surface area contributed by atoms with E-state index in [1.165, 1.54) is 11.3 Å². The summed E-state index contributed by atoms with van der Waals surface area (Å²) in [6.45, 7) is 3.32. The molecule has 3 nitrogen and oxygen atoms in total. The lowest BCUT2D eigenvalue weighted by atomic mass is 9.97. The Morgan fingerprint density at radius 2 is 2.17 bits per heavy atom. The molecule has 0 atom stereocenters. The third kappa shape index (κ3) is 2.68. The number of nitrogens with two attached hydrogens (primary N) is 1. The highest BCUT2D eigenvalue weighted by Gasteiger charge is 2.27. The first-order valence-corrected chi connectivity index (χ1v) is 7.49. The van der Waals surface area contributed by atoms with Crippen LogP contribution in [0.2, 0.25) is 5.02 Å². The van der Waals surface area contributed by atoms with E-state index in [9.17, 15) is 4.79 Å². The van der Waals surface area contributed by atoms with E-state index in [-0.39, 0.29) is 11.8 Å². The Kier molecular flexibility index (Phi) is 4.25. The Morgan fingerprint density at radius 1 is 1.56 bits per heavy atom. The number of thiocarbonyl (C=S) groups is 1. The number of piperidine rings is 1. The third-order valence-electron chi connectivity index (χ3n) is 3.28. The SMILES string of the molecule is Cc1csc(C(=O)N2CCC(C(N)=S)CC2)c1Cl. The van der Waals surface area contributed by atoms with Crippen LogP contribution in [0, 0.1) is 12.8 Å².